The monoisotopic (exact) mass is 824 g/mol. The summed E-state index contributed by atoms with van der Waals surface area (Å²) in [6, 6.07) is 78.5. The molecule has 2 nitrogen and oxygen atoms in total. The summed E-state index contributed by atoms with van der Waals surface area (Å²) >= 11 is 3.73. The van der Waals surface area contributed by atoms with Crippen LogP contribution in [0.1, 0.15) is 0 Å². The molecule has 0 spiro atoms. The Morgan fingerprint density at radius 1 is 0.242 bits per heavy atom. The minimum absolute atomic E-state index is 0.823. The maximum absolute atomic E-state index is 5.38. The summed E-state index contributed by atoms with van der Waals surface area (Å²) in [6.45, 7) is 0. The molecule has 4 heteroatoms. The number of nitrogens with zero attached hydrogens (tertiary/aromatic N) is 2. The Morgan fingerprint density at radius 3 is 1.06 bits per heavy atom. The molecular formula is C58H36N2S2. The van der Waals surface area contributed by atoms with Crippen LogP contribution < -0.4 is 0 Å². The molecule has 0 fully saturated rings. The number of fused-ring (bicyclic) bond motifs is 6. The van der Waals surface area contributed by atoms with Gasteiger partial charge in [-0.1, -0.05) is 170 Å². The normalized spacial score (nSPS) is 11.5. The second-order valence-electron chi connectivity index (χ2n) is 15.7. The van der Waals surface area contributed by atoms with E-state index in [-0.39, 0.29) is 0 Å². The molecule has 4 aromatic heterocycles. The zero-order valence-corrected chi connectivity index (χ0v) is 35.1. The Hall–Kier alpha value is -7.50. The molecule has 0 aliphatic carbocycles. The molecule has 0 bridgehead atoms. The van der Waals surface area contributed by atoms with Gasteiger partial charge in [0.25, 0.3) is 0 Å². The highest BCUT2D eigenvalue weighted by Gasteiger charge is 2.17. The molecule has 0 atom stereocenters. The molecule has 0 N–H and O–H groups in total. The number of pyridine rings is 2. The third kappa shape index (κ3) is 6.49. The molecular weight excluding hydrogens is 789 g/mol. The number of rotatable bonds is 7. The van der Waals surface area contributed by atoms with Gasteiger partial charge >= 0.3 is 0 Å². The largest absolute Gasteiger partial charge is 0.246 e. The molecule has 290 valence electrons. The quantitative estimate of drug-likeness (QED) is 0.160. The van der Waals surface area contributed by atoms with E-state index in [9.17, 15) is 0 Å². The van der Waals surface area contributed by atoms with Crippen LogP contribution in [0.5, 0.6) is 0 Å². The molecule has 0 saturated carbocycles. The topological polar surface area (TPSA) is 25.8 Å². The SMILES string of the molecule is c1ccc(-c2cc(-c3cccc(-c4cccc5c4sc4ccccc45)c3)cc(-c3cc(-c4cccc(-c5cccc6c5sc5ccccc56)c4)cc(-c4ccccc4)n3)n2)cc1. The van der Waals surface area contributed by atoms with E-state index in [4.69, 9.17) is 9.97 Å². The van der Waals surface area contributed by atoms with Gasteiger partial charge in [-0.15, -0.1) is 22.7 Å². The van der Waals surface area contributed by atoms with Gasteiger partial charge < -0.3 is 0 Å². The maximum Gasteiger partial charge on any atom is 0.0900 e. The first-order valence-electron chi connectivity index (χ1n) is 20.9. The minimum atomic E-state index is 0.823. The summed E-state index contributed by atoms with van der Waals surface area (Å²) < 4.78 is 5.24. The molecule has 0 amide bonds. The molecule has 12 rings (SSSR count). The third-order valence-corrected chi connectivity index (χ3v) is 14.3. The van der Waals surface area contributed by atoms with E-state index in [2.05, 4.69) is 218 Å². The van der Waals surface area contributed by atoms with Crippen LogP contribution >= 0.6 is 22.7 Å². The fourth-order valence-corrected chi connectivity index (χ4v) is 11.3. The van der Waals surface area contributed by atoms with Gasteiger partial charge in [0.2, 0.25) is 0 Å². The van der Waals surface area contributed by atoms with Crippen molar-refractivity contribution in [2.45, 2.75) is 0 Å². The van der Waals surface area contributed by atoms with E-state index < -0.39 is 0 Å². The number of hydrogen-bond donors (Lipinski definition) is 0. The first-order chi connectivity index (χ1) is 30.7. The van der Waals surface area contributed by atoms with Gasteiger partial charge in [0, 0.05) is 51.5 Å². The highest BCUT2D eigenvalue weighted by molar-refractivity contribution is 7.26. The van der Waals surface area contributed by atoms with Crippen molar-refractivity contribution in [1.29, 1.82) is 0 Å². The molecule has 0 saturated heterocycles. The van der Waals surface area contributed by atoms with Gasteiger partial charge in [0.15, 0.2) is 0 Å². The Morgan fingerprint density at radius 2 is 0.597 bits per heavy atom. The predicted octanol–water partition coefficient (Wildman–Crippen LogP) is 16.9. The van der Waals surface area contributed by atoms with Crippen molar-refractivity contribution in [2.75, 3.05) is 0 Å². The molecule has 8 aromatic carbocycles. The van der Waals surface area contributed by atoms with Gasteiger partial charge in [-0.2, -0.15) is 0 Å². The molecule has 12 aromatic rings. The second-order valence-corrected chi connectivity index (χ2v) is 17.8. The number of hydrogen-bond acceptors (Lipinski definition) is 4. The van der Waals surface area contributed by atoms with E-state index in [0.717, 1.165) is 56.2 Å². The van der Waals surface area contributed by atoms with Crippen molar-refractivity contribution >= 4 is 63.0 Å². The average Bonchev–Trinajstić information content (AvgIpc) is 3.93. The molecule has 0 radical (unpaired) electrons. The van der Waals surface area contributed by atoms with Crippen LogP contribution in [-0.2, 0) is 0 Å². The molecule has 0 aliphatic rings. The van der Waals surface area contributed by atoms with E-state index >= 15 is 0 Å². The summed E-state index contributed by atoms with van der Waals surface area (Å²) in [5.41, 5.74) is 14.9. The van der Waals surface area contributed by atoms with Crippen molar-refractivity contribution in [3.05, 3.63) is 218 Å². The van der Waals surface area contributed by atoms with Gasteiger partial charge in [-0.25, -0.2) is 9.97 Å². The van der Waals surface area contributed by atoms with Crippen molar-refractivity contribution in [2.24, 2.45) is 0 Å². The second kappa shape index (κ2) is 15.2. The number of aromatic nitrogens is 2. The minimum Gasteiger partial charge on any atom is -0.246 e. The smallest absolute Gasteiger partial charge is 0.0900 e. The fraction of sp³-hybridized carbons (Fsp3) is 0. The highest BCUT2D eigenvalue weighted by Crippen LogP contribution is 2.43. The lowest BCUT2D eigenvalue weighted by Crippen LogP contribution is -1.96. The molecule has 4 heterocycles. The van der Waals surface area contributed by atoms with Crippen molar-refractivity contribution in [3.8, 4) is 78.4 Å². The number of benzene rings is 8. The lowest BCUT2D eigenvalue weighted by atomic mass is 9.95. The van der Waals surface area contributed by atoms with Crippen LogP contribution in [0.3, 0.4) is 0 Å². The Balaban J connectivity index is 1.02. The third-order valence-electron chi connectivity index (χ3n) is 11.9. The Kier molecular flexibility index (Phi) is 8.91. The van der Waals surface area contributed by atoms with Gasteiger partial charge in [-0.05, 0) is 93.0 Å². The van der Waals surface area contributed by atoms with E-state index in [1.807, 2.05) is 22.7 Å². The van der Waals surface area contributed by atoms with Crippen molar-refractivity contribution in [3.63, 3.8) is 0 Å². The maximum atomic E-state index is 5.38. The van der Waals surface area contributed by atoms with Crippen LogP contribution in [-0.4, -0.2) is 9.97 Å². The summed E-state index contributed by atoms with van der Waals surface area (Å²) in [4.78, 5) is 10.8. The summed E-state index contributed by atoms with van der Waals surface area (Å²) in [5.74, 6) is 0. The fourth-order valence-electron chi connectivity index (χ4n) is 8.85. The van der Waals surface area contributed by atoms with E-state index in [1.165, 1.54) is 62.6 Å². The van der Waals surface area contributed by atoms with Crippen LogP contribution in [0.2, 0.25) is 0 Å². The van der Waals surface area contributed by atoms with Crippen LogP contribution in [0, 0.1) is 0 Å². The van der Waals surface area contributed by atoms with Gasteiger partial charge in [-0.3, -0.25) is 0 Å². The standard InChI is InChI=1S/C58H36N2S2/c1-3-15-37(16-4-1)51-33-43(39-19-11-21-41(31-39)45-25-13-27-49-47-23-7-9-29-55(47)61-57(45)49)35-53(59-51)54-36-44(34-52(60-54)38-17-5-2-6-18-38)40-20-12-22-42(32-40)46-26-14-28-50-48-24-8-10-30-56(48)62-58(46)50/h1-36H. The predicted molar refractivity (Wildman–Crippen MR) is 266 cm³/mol. The summed E-state index contributed by atoms with van der Waals surface area (Å²) in [5, 5.41) is 5.21. The summed E-state index contributed by atoms with van der Waals surface area (Å²) in [6.07, 6.45) is 0. The lowest BCUT2D eigenvalue weighted by molar-refractivity contribution is 1.25. The van der Waals surface area contributed by atoms with E-state index in [0.29, 0.717) is 0 Å². The molecule has 62 heavy (non-hydrogen) atoms. The van der Waals surface area contributed by atoms with Crippen LogP contribution in [0.25, 0.3) is 119 Å². The zero-order chi connectivity index (χ0) is 41.0. The zero-order valence-electron chi connectivity index (χ0n) is 33.5. The Bertz CT molecular complexity index is 3400. The van der Waals surface area contributed by atoms with Crippen LogP contribution in [0.15, 0.2) is 218 Å². The van der Waals surface area contributed by atoms with Crippen LogP contribution in [0.4, 0.5) is 0 Å². The molecule has 0 unspecified atom stereocenters. The number of thiophene rings is 2. The first kappa shape index (κ1) is 36.4. The molecule has 0 aliphatic heterocycles. The van der Waals surface area contributed by atoms with Crippen molar-refractivity contribution < 1.29 is 0 Å². The van der Waals surface area contributed by atoms with E-state index in [1.54, 1.807) is 0 Å². The summed E-state index contributed by atoms with van der Waals surface area (Å²) in [7, 11) is 0. The van der Waals surface area contributed by atoms with Gasteiger partial charge in [0.1, 0.15) is 0 Å². The van der Waals surface area contributed by atoms with Crippen molar-refractivity contribution in [1.82, 2.24) is 9.97 Å². The lowest BCUT2D eigenvalue weighted by Gasteiger charge is -2.14. The van der Waals surface area contributed by atoms with Gasteiger partial charge in [0.05, 0.1) is 22.8 Å². The highest BCUT2D eigenvalue weighted by atomic mass is 32.1. The Labute approximate surface area is 367 Å². The average molecular weight is 825 g/mol. The first-order valence-corrected chi connectivity index (χ1v) is 22.5.